The number of aromatic nitrogens is 3. The molecular weight excluding hydrogens is 154 g/mol. The predicted octanol–water partition coefficient (Wildman–Crippen LogP) is 0.627. The number of H-pyrrole nitrogens is 1. The summed E-state index contributed by atoms with van der Waals surface area (Å²) in [5, 5.41) is 7.50. The predicted molar refractivity (Wildman–Crippen MR) is 44.9 cm³/mol. The second-order valence-electron chi connectivity index (χ2n) is 2.62. The molecule has 4 nitrogen and oxygen atoms in total. The number of hydrogen-bond acceptors (Lipinski definition) is 3. The lowest BCUT2D eigenvalue weighted by atomic mass is 10.2. The van der Waals surface area contributed by atoms with Crippen molar-refractivity contribution in [1.29, 1.82) is 0 Å². The molecule has 12 heavy (non-hydrogen) atoms. The van der Waals surface area contributed by atoms with Gasteiger partial charge in [0, 0.05) is 17.8 Å². The Morgan fingerprint density at radius 2 is 2.17 bits per heavy atom. The summed E-state index contributed by atoms with van der Waals surface area (Å²) in [6.07, 6.45) is 4.89. The third-order valence-corrected chi connectivity index (χ3v) is 1.76. The quantitative estimate of drug-likeness (QED) is 0.616. The van der Waals surface area contributed by atoms with Crippen molar-refractivity contribution in [2.24, 2.45) is 0 Å². The van der Waals surface area contributed by atoms with Gasteiger partial charge in [-0.3, -0.25) is 9.78 Å². The Morgan fingerprint density at radius 1 is 1.33 bits per heavy atom. The molecule has 0 bridgehead atoms. The highest BCUT2D eigenvalue weighted by Gasteiger charge is 2.00. The van der Waals surface area contributed by atoms with Crippen LogP contribution in [0.15, 0.2) is 23.4 Å². The first-order chi connectivity index (χ1) is 5.79. The van der Waals surface area contributed by atoms with Crippen LogP contribution in [0.2, 0.25) is 0 Å². The van der Waals surface area contributed by atoms with Gasteiger partial charge in [-0.15, -0.1) is 0 Å². The number of pyridine rings is 1. The summed E-state index contributed by atoms with van der Waals surface area (Å²) in [7, 11) is 0. The van der Waals surface area contributed by atoms with Gasteiger partial charge in [0.2, 0.25) is 0 Å². The number of fused-ring (bicyclic) bond motifs is 1. The summed E-state index contributed by atoms with van der Waals surface area (Å²) >= 11 is 0. The van der Waals surface area contributed by atoms with Gasteiger partial charge in [-0.2, -0.15) is 5.10 Å². The molecule has 2 heterocycles. The Hall–Kier alpha value is -1.71. The zero-order valence-corrected chi connectivity index (χ0v) is 6.53. The van der Waals surface area contributed by atoms with E-state index in [4.69, 9.17) is 0 Å². The SMILES string of the molecule is Cc1cncc2cn[nH]c(=O)c12. The van der Waals surface area contributed by atoms with Crippen LogP contribution in [-0.4, -0.2) is 15.2 Å². The summed E-state index contributed by atoms with van der Waals surface area (Å²) in [4.78, 5) is 15.2. The highest BCUT2D eigenvalue weighted by Crippen LogP contribution is 2.08. The first kappa shape index (κ1) is 6.97. The average Bonchev–Trinajstić information content (AvgIpc) is 2.04. The van der Waals surface area contributed by atoms with Gasteiger partial charge in [0.15, 0.2) is 0 Å². The van der Waals surface area contributed by atoms with Crippen molar-refractivity contribution < 1.29 is 0 Å². The van der Waals surface area contributed by atoms with Crippen molar-refractivity contribution in [3.63, 3.8) is 0 Å². The minimum absolute atomic E-state index is 0.160. The van der Waals surface area contributed by atoms with Crippen LogP contribution in [0.25, 0.3) is 10.8 Å². The van der Waals surface area contributed by atoms with Crippen LogP contribution in [0, 0.1) is 6.92 Å². The zero-order chi connectivity index (χ0) is 8.55. The van der Waals surface area contributed by atoms with Crippen LogP contribution in [-0.2, 0) is 0 Å². The van der Waals surface area contributed by atoms with Gasteiger partial charge in [0.1, 0.15) is 0 Å². The standard InChI is InChI=1S/C8H7N3O/c1-5-2-9-3-6-4-10-11-8(12)7(5)6/h2-4H,1H3,(H,11,12). The number of nitrogens with zero attached hydrogens (tertiary/aromatic N) is 2. The number of rotatable bonds is 0. The highest BCUT2D eigenvalue weighted by atomic mass is 16.1. The Balaban J connectivity index is 3.07. The van der Waals surface area contributed by atoms with Crippen LogP contribution >= 0.6 is 0 Å². The molecule has 2 aromatic rings. The molecule has 4 heteroatoms. The van der Waals surface area contributed by atoms with Gasteiger partial charge < -0.3 is 0 Å². The van der Waals surface area contributed by atoms with E-state index >= 15 is 0 Å². The molecule has 0 aliphatic carbocycles. The molecule has 60 valence electrons. The van der Waals surface area contributed by atoms with Crippen LogP contribution in [0.4, 0.5) is 0 Å². The third kappa shape index (κ3) is 0.887. The molecule has 1 N–H and O–H groups in total. The van der Waals surface area contributed by atoms with E-state index in [-0.39, 0.29) is 5.56 Å². The highest BCUT2D eigenvalue weighted by molar-refractivity contribution is 5.82. The molecule has 0 radical (unpaired) electrons. The van der Waals surface area contributed by atoms with E-state index in [2.05, 4.69) is 15.2 Å². The lowest BCUT2D eigenvalue weighted by Gasteiger charge is -1.96. The van der Waals surface area contributed by atoms with Gasteiger partial charge in [-0.25, -0.2) is 5.10 Å². The average molecular weight is 161 g/mol. The van der Waals surface area contributed by atoms with E-state index in [0.29, 0.717) is 5.39 Å². The lowest BCUT2D eigenvalue weighted by Crippen LogP contribution is -2.08. The second-order valence-corrected chi connectivity index (χ2v) is 2.62. The van der Waals surface area contributed by atoms with Crippen LogP contribution in [0.3, 0.4) is 0 Å². The van der Waals surface area contributed by atoms with Crippen molar-refractivity contribution in [3.05, 3.63) is 34.5 Å². The fraction of sp³-hybridized carbons (Fsp3) is 0.125. The van der Waals surface area contributed by atoms with Crippen molar-refractivity contribution >= 4 is 10.8 Å². The molecule has 2 rings (SSSR count). The van der Waals surface area contributed by atoms with Gasteiger partial charge in [0.05, 0.1) is 11.6 Å². The lowest BCUT2D eigenvalue weighted by molar-refractivity contribution is 1.01. The molecule has 0 aliphatic rings. The van der Waals surface area contributed by atoms with Crippen LogP contribution < -0.4 is 5.56 Å². The maximum absolute atomic E-state index is 11.3. The van der Waals surface area contributed by atoms with Gasteiger partial charge in [-0.05, 0) is 12.5 Å². The second kappa shape index (κ2) is 2.41. The first-order valence-electron chi connectivity index (χ1n) is 3.57. The summed E-state index contributed by atoms with van der Waals surface area (Å²) in [5.41, 5.74) is 0.712. The number of hydrogen-bond donors (Lipinski definition) is 1. The molecule has 0 spiro atoms. The monoisotopic (exact) mass is 161 g/mol. The maximum Gasteiger partial charge on any atom is 0.272 e. The van der Waals surface area contributed by atoms with Crippen molar-refractivity contribution in [2.75, 3.05) is 0 Å². The van der Waals surface area contributed by atoms with Crippen molar-refractivity contribution in [1.82, 2.24) is 15.2 Å². The number of aromatic amines is 1. The van der Waals surface area contributed by atoms with E-state index < -0.39 is 0 Å². The molecule has 0 saturated carbocycles. The molecule has 2 aromatic heterocycles. The van der Waals surface area contributed by atoms with E-state index in [1.165, 1.54) is 0 Å². The minimum Gasteiger partial charge on any atom is -0.267 e. The van der Waals surface area contributed by atoms with E-state index in [0.717, 1.165) is 10.9 Å². The Labute approximate surface area is 68.3 Å². The molecule has 0 fully saturated rings. The van der Waals surface area contributed by atoms with Gasteiger partial charge in [0.25, 0.3) is 5.56 Å². The molecule has 0 unspecified atom stereocenters. The van der Waals surface area contributed by atoms with E-state index in [1.54, 1.807) is 18.6 Å². The van der Waals surface area contributed by atoms with Gasteiger partial charge in [-0.1, -0.05) is 0 Å². The fourth-order valence-corrected chi connectivity index (χ4v) is 1.21. The Kier molecular flexibility index (Phi) is 1.40. The molecule has 0 saturated heterocycles. The van der Waals surface area contributed by atoms with Crippen LogP contribution in [0.1, 0.15) is 5.56 Å². The fourth-order valence-electron chi connectivity index (χ4n) is 1.21. The smallest absolute Gasteiger partial charge is 0.267 e. The van der Waals surface area contributed by atoms with Gasteiger partial charge >= 0.3 is 0 Å². The first-order valence-corrected chi connectivity index (χ1v) is 3.57. The summed E-state index contributed by atoms with van der Waals surface area (Å²) < 4.78 is 0. The molecule has 0 aliphatic heterocycles. The summed E-state index contributed by atoms with van der Waals surface area (Å²) in [6.45, 7) is 1.85. The largest absolute Gasteiger partial charge is 0.272 e. The summed E-state index contributed by atoms with van der Waals surface area (Å²) in [5.74, 6) is 0. The Bertz CT molecular complexity index is 470. The van der Waals surface area contributed by atoms with Crippen molar-refractivity contribution in [3.8, 4) is 0 Å². The molecule has 0 atom stereocenters. The normalized spacial score (nSPS) is 10.4. The zero-order valence-electron chi connectivity index (χ0n) is 6.53. The maximum atomic E-state index is 11.3. The topological polar surface area (TPSA) is 58.6 Å². The Morgan fingerprint density at radius 3 is 2.92 bits per heavy atom. The van der Waals surface area contributed by atoms with Crippen molar-refractivity contribution in [2.45, 2.75) is 6.92 Å². The number of aryl methyl sites for hydroxylation is 1. The molecule has 0 aromatic carbocycles. The van der Waals surface area contributed by atoms with Crippen LogP contribution in [0.5, 0.6) is 0 Å². The van der Waals surface area contributed by atoms with E-state index in [1.807, 2.05) is 6.92 Å². The summed E-state index contributed by atoms with van der Waals surface area (Å²) in [6, 6.07) is 0. The number of nitrogens with one attached hydrogen (secondary N) is 1. The van der Waals surface area contributed by atoms with E-state index in [9.17, 15) is 4.79 Å². The minimum atomic E-state index is -0.160. The molecular formula is C8H7N3O. The molecule has 0 amide bonds. The third-order valence-electron chi connectivity index (χ3n) is 1.76.